The Morgan fingerprint density at radius 1 is 1.00 bits per heavy atom. The van der Waals surface area contributed by atoms with Gasteiger partial charge in [0.25, 0.3) is 5.91 Å². The number of amides is 3. The van der Waals surface area contributed by atoms with E-state index in [1.807, 2.05) is 59.2 Å². The maximum absolute atomic E-state index is 13.2. The molecule has 0 radical (unpaired) electrons. The van der Waals surface area contributed by atoms with E-state index in [1.165, 1.54) is 0 Å². The van der Waals surface area contributed by atoms with Crippen LogP contribution in [0.3, 0.4) is 0 Å². The summed E-state index contributed by atoms with van der Waals surface area (Å²) >= 11 is 0. The minimum atomic E-state index is -0.0252. The summed E-state index contributed by atoms with van der Waals surface area (Å²) in [5.41, 5.74) is 3.23. The van der Waals surface area contributed by atoms with Gasteiger partial charge in [-0.1, -0.05) is 18.2 Å². The average Bonchev–Trinajstić information content (AvgIpc) is 3.08. The number of piperazine rings is 1. The summed E-state index contributed by atoms with van der Waals surface area (Å²) in [6, 6.07) is 16.9. The molecule has 2 heterocycles. The van der Waals surface area contributed by atoms with Crippen molar-refractivity contribution in [3.8, 4) is 6.07 Å². The van der Waals surface area contributed by atoms with Gasteiger partial charge in [0.05, 0.1) is 11.6 Å². The Labute approximate surface area is 164 Å². The van der Waals surface area contributed by atoms with E-state index in [4.69, 9.17) is 5.26 Å². The monoisotopic (exact) mass is 374 g/mol. The predicted octanol–water partition coefficient (Wildman–Crippen LogP) is 2.89. The van der Waals surface area contributed by atoms with E-state index in [9.17, 15) is 9.59 Å². The third-order valence-electron chi connectivity index (χ3n) is 5.49. The molecule has 4 rings (SSSR count). The molecule has 2 aromatic rings. The smallest absolute Gasteiger partial charge is 0.324 e. The van der Waals surface area contributed by atoms with Gasteiger partial charge in [0.1, 0.15) is 0 Å². The van der Waals surface area contributed by atoms with Gasteiger partial charge in [-0.25, -0.2) is 4.79 Å². The second-order valence-corrected chi connectivity index (χ2v) is 7.31. The van der Waals surface area contributed by atoms with Crippen molar-refractivity contribution in [1.29, 1.82) is 5.26 Å². The number of anilines is 1. The highest BCUT2D eigenvalue weighted by Crippen LogP contribution is 2.33. The number of hydrogen-bond donors (Lipinski definition) is 0. The first-order valence-corrected chi connectivity index (χ1v) is 9.54. The maximum atomic E-state index is 13.2. The molecule has 0 spiro atoms. The van der Waals surface area contributed by atoms with E-state index < -0.39 is 0 Å². The fourth-order valence-electron chi connectivity index (χ4n) is 4.01. The van der Waals surface area contributed by atoms with Crippen LogP contribution >= 0.6 is 0 Å². The number of carbonyl (C=O) groups excluding carboxylic acids is 2. The van der Waals surface area contributed by atoms with Crippen LogP contribution in [-0.4, -0.2) is 54.0 Å². The lowest BCUT2D eigenvalue weighted by Gasteiger charge is -2.37. The summed E-state index contributed by atoms with van der Waals surface area (Å²) in [6.07, 6.45) is 0.753. The molecule has 1 unspecified atom stereocenters. The lowest BCUT2D eigenvalue weighted by atomic mass is 10.1. The van der Waals surface area contributed by atoms with Crippen molar-refractivity contribution in [2.45, 2.75) is 19.4 Å². The highest BCUT2D eigenvalue weighted by atomic mass is 16.2. The van der Waals surface area contributed by atoms with Crippen LogP contribution in [0.5, 0.6) is 0 Å². The minimum absolute atomic E-state index is 0.0108. The Kier molecular flexibility index (Phi) is 4.74. The van der Waals surface area contributed by atoms with Crippen LogP contribution in [0.4, 0.5) is 10.5 Å². The molecular formula is C22H22N4O2. The Morgan fingerprint density at radius 2 is 1.68 bits per heavy atom. The molecule has 2 aliphatic rings. The molecule has 1 saturated heterocycles. The third-order valence-corrected chi connectivity index (χ3v) is 5.49. The Morgan fingerprint density at radius 3 is 2.36 bits per heavy atom. The Hall–Kier alpha value is -3.33. The molecule has 1 atom stereocenters. The number of urea groups is 1. The number of hydrogen-bond acceptors (Lipinski definition) is 3. The number of rotatable bonds is 1. The molecule has 6 nitrogen and oxygen atoms in total. The zero-order valence-electron chi connectivity index (χ0n) is 15.8. The fraction of sp³-hybridized carbons (Fsp3) is 0.318. The quantitative estimate of drug-likeness (QED) is 0.771. The van der Waals surface area contributed by atoms with Crippen molar-refractivity contribution in [3.63, 3.8) is 0 Å². The molecule has 2 aromatic carbocycles. The van der Waals surface area contributed by atoms with Crippen molar-refractivity contribution in [2.24, 2.45) is 0 Å². The van der Waals surface area contributed by atoms with E-state index in [0.29, 0.717) is 37.3 Å². The lowest BCUT2D eigenvalue weighted by molar-refractivity contribution is 0.0668. The van der Waals surface area contributed by atoms with Crippen molar-refractivity contribution in [3.05, 3.63) is 65.2 Å². The standard InChI is InChI=1S/C22H22N4O2/c1-16-13-19-14-17(15-23)7-8-20(19)26(16)22(28)25-11-9-24(10-12-25)21(27)18-5-3-2-4-6-18/h2-8,14,16H,9-13H2,1H3. The van der Waals surface area contributed by atoms with Crippen molar-refractivity contribution in [2.75, 3.05) is 31.1 Å². The van der Waals surface area contributed by atoms with E-state index in [0.717, 1.165) is 17.7 Å². The van der Waals surface area contributed by atoms with Gasteiger partial charge < -0.3 is 9.80 Å². The van der Waals surface area contributed by atoms with Crippen LogP contribution in [0, 0.1) is 11.3 Å². The highest BCUT2D eigenvalue weighted by molar-refractivity contribution is 5.96. The number of fused-ring (bicyclic) bond motifs is 1. The molecule has 0 bridgehead atoms. The van der Waals surface area contributed by atoms with Crippen LogP contribution in [0.2, 0.25) is 0 Å². The van der Waals surface area contributed by atoms with Gasteiger partial charge in [-0.3, -0.25) is 9.69 Å². The van der Waals surface area contributed by atoms with Crippen molar-refractivity contribution < 1.29 is 9.59 Å². The van der Waals surface area contributed by atoms with Crippen LogP contribution in [0.25, 0.3) is 0 Å². The van der Waals surface area contributed by atoms with Crippen LogP contribution in [0.15, 0.2) is 48.5 Å². The minimum Gasteiger partial charge on any atom is -0.335 e. The molecule has 1 fully saturated rings. The number of nitriles is 1. The number of nitrogens with zero attached hydrogens (tertiary/aromatic N) is 4. The zero-order chi connectivity index (χ0) is 19.7. The molecule has 2 aliphatic heterocycles. The van der Waals surface area contributed by atoms with Crippen LogP contribution < -0.4 is 4.90 Å². The van der Waals surface area contributed by atoms with Gasteiger partial charge >= 0.3 is 6.03 Å². The Bertz CT molecular complexity index is 943. The van der Waals surface area contributed by atoms with E-state index >= 15 is 0 Å². The largest absolute Gasteiger partial charge is 0.335 e. The predicted molar refractivity (Wildman–Crippen MR) is 106 cm³/mol. The highest BCUT2D eigenvalue weighted by Gasteiger charge is 2.35. The first kappa shape index (κ1) is 18.1. The van der Waals surface area contributed by atoms with Gasteiger partial charge in [-0.2, -0.15) is 5.26 Å². The summed E-state index contributed by atoms with van der Waals surface area (Å²) in [4.78, 5) is 31.2. The third kappa shape index (κ3) is 3.20. The van der Waals surface area contributed by atoms with Crippen LogP contribution in [0.1, 0.15) is 28.4 Å². The average molecular weight is 374 g/mol. The van der Waals surface area contributed by atoms with E-state index in [2.05, 4.69) is 6.07 Å². The lowest BCUT2D eigenvalue weighted by Crippen LogP contribution is -2.55. The Balaban J connectivity index is 1.44. The topological polar surface area (TPSA) is 67.7 Å². The molecule has 0 N–H and O–H groups in total. The fourth-order valence-corrected chi connectivity index (χ4v) is 4.01. The normalized spacial score (nSPS) is 18.6. The molecule has 142 valence electrons. The van der Waals surface area contributed by atoms with Gasteiger partial charge in [0.2, 0.25) is 0 Å². The molecule has 6 heteroatoms. The van der Waals surface area contributed by atoms with Gasteiger partial charge in [0.15, 0.2) is 0 Å². The second kappa shape index (κ2) is 7.35. The van der Waals surface area contributed by atoms with Crippen molar-refractivity contribution in [1.82, 2.24) is 9.80 Å². The summed E-state index contributed by atoms with van der Waals surface area (Å²) in [5.74, 6) is 0.0108. The zero-order valence-corrected chi connectivity index (χ0v) is 15.8. The summed E-state index contributed by atoms with van der Waals surface area (Å²) in [6.45, 7) is 4.13. The SMILES string of the molecule is CC1Cc2cc(C#N)ccc2N1C(=O)N1CCN(C(=O)c2ccccc2)CC1. The van der Waals surface area contributed by atoms with Crippen molar-refractivity contribution >= 4 is 17.6 Å². The van der Waals surface area contributed by atoms with E-state index in [-0.39, 0.29) is 18.0 Å². The summed E-state index contributed by atoms with van der Waals surface area (Å²) in [5, 5.41) is 9.09. The van der Waals surface area contributed by atoms with Gasteiger partial charge in [-0.15, -0.1) is 0 Å². The van der Waals surface area contributed by atoms with Crippen LogP contribution in [-0.2, 0) is 6.42 Å². The molecule has 28 heavy (non-hydrogen) atoms. The van der Waals surface area contributed by atoms with E-state index in [1.54, 1.807) is 11.0 Å². The first-order chi connectivity index (χ1) is 13.6. The van der Waals surface area contributed by atoms with Gasteiger partial charge in [0, 0.05) is 43.5 Å². The number of benzene rings is 2. The first-order valence-electron chi connectivity index (χ1n) is 9.54. The summed E-state index contributed by atoms with van der Waals surface area (Å²) < 4.78 is 0. The molecule has 3 amide bonds. The molecule has 0 saturated carbocycles. The maximum Gasteiger partial charge on any atom is 0.324 e. The summed E-state index contributed by atoms with van der Waals surface area (Å²) in [7, 11) is 0. The van der Waals surface area contributed by atoms with Gasteiger partial charge in [-0.05, 0) is 49.2 Å². The molecule has 0 aromatic heterocycles. The molecule has 0 aliphatic carbocycles. The number of carbonyl (C=O) groups is 2. The second-order valence-electron chi connectivity index (χ2n) is 7.31. The molecular weight excluding hydrogens is 352 g/mol.